The maximum atomic E-state index is 10.1. The molecule has 4 aromatic rings. The monoisotopic (exact) mass is 436 g/mol. The number of ether oxygens (including phenoxy) is 2. The van der Waals surface area contributed by atoms with Crippen LogP contribution in [0.1, 0.15) is 35.3 Å². The normalized spacial score (nSPS) is 15.0. The molecular weight excluding hydrogens is 412 g/mol. The first-order chi connectivity index (χ1) is 16.1. The number of allylic oxidation sites excluding steroid dienone is 1. The first-order valence-electron chi connectivity index (χ1n) is 10.9. The summed E-state index contributed by atoms with van der Waals surface area (Å²) < 4.78 is 12.4. The smallest absolute Gasteiger partial charge is 0.150 e. The Kier molecular flexibility index (Phi) is 5.49. The summed E-state index contributed by atoms with van der Waals surface area (Å²) in [4.78, 5) is 0. The van der Waals surface area contributed by atoms with Gasteiger partial charge in [-0.25, -0.2) is 0 Å². The zero-order valence-corrected chi connectivity index (χ0v) is 18.2. The SMILES string of the molecule is CC1=C(c2cccc(O)c2)C(c2ccc(OCc3ccccc3)cc2)Oc2ccc(O)cc21. The molecule has 1 aliphatic heterocycles. The summed E-state index contributed by atoms with van der Waals surface area (Å²) in [5.41, 5.74) is 5.73. The van der Waals surface area contributed by atoms with Crippen molar-refractivity contribution in [2.75, 3.05) is 0 Å². The van der Waals surface area contributed by atoms with Crippen molar-refractivity contribution < 1.29 is 19.7 Å². The highest BCUT2D eigenvalue weighted by Gasteiger charge is 2.29. The Balaban J connectivity index is 1.49. The lowest BCUT2D eigenvalue weighted by atomic mass is 9.86. The number of aromatic hydroxyl groups is 2. The Hall–Kier alpha value is -4.18. The maximum Gasteiger partial charge on any atom is 0.150 e. The molecule has 0 aromatic heterocycles. The molecule has 1 unspecified atom stereocenters. The van der Waals surface area contributed by atoms with E-state index in [1.165, 1.54) is 0 Å². The van der Waals surface area contributed by atoms with Crippen LogP contribution in [0.15, 0.2) is 97.1 Å². The number of rotatable bonds is 5. The van der Waals surface area contributed by atoms with Gasteiger partial charge in [-0.1, -0.05) is 54.6 Å². The summed E-state index contributed by atoms with van der Waals surface area (Å²) in [6.45, 7) is 2.52. The topological polar surface area (TPSA) is 58.9 Å². The van der Waals surface area contributed by atoms with E-state index in [2.05, 4.69) is 0 Å². The second-order valence-electron chi connectivity index (χ2n) is 8.11. The third kappa shape index (κ3) is 4.28. The summed E-state index contributed by atoms with van der Waals surface area (Å²) in [5.74, 6) is 1.87. The van der Waals surface area contributed by atoms with Gasteiger partial charge in [0.1, 0.15) is 35.7 Å². The number of hydrogen-bond donors (Lipinski definition) is 2. The van der Waals surface area contributed by atoms with Crippen LogP contribution in [-0.2, 0) is 6.61 Å². The van der Waals surface area contributed by atoms with E-state index in [0.29, 0.717) is 12.4 Å². The minimum absolute atomic E-state index is 0.185. The minimum Gasteiger partial charge on any atom is -0.508 e. The van der Waals surface area contributed by atoms with Crippen LogP contribution in [0.2, 0.25) is 0 Å². The fourth-order valence-electron chi connectivity index (χ4n) is 4.20. The Morgan fingerprint density at radius 1 is 0.788 bits per heavy atom. The van der Waals surface area contributed by atoms with Gasteiger partial charge in [-0.3, -0.25) is 0 Å². The van der Waals surface area contributed by atoms with E-state index >= 15 is 0 Å². The van der Waals surface area contributed by atoms with Crippen molar-refractivity contribution in [3.63, 3.8) is 0 Å². The lowest BCUT2D eigenvalue weighted by Crippen LogP contribution is -2.16. The predicted molar refractivity (Wildman–Crippen MR) is 129 cm³/mol. The average Bonchev–Trinajstić information content (AvgIpc) is 2.84. The number of fused-ring (bicyclic) bond motifs is 1. The molecule has 1 heterocycles. The molecule has 4 nitrogen and oxygen atoms in total. The van der Waals surface area contributed by atoms with E-state index in [0.717, 1.165) is 39.1 Å². The van der Waals surface area contributed by atoms with Crippen LogP contribution in [0.5, 0.6) is 23.0 Å². The van der Waals surface area contributed by atoms with Gasteiger partial charge in [0.2, 0.25) is 0 Å². The maximum absolute atomic E-state index is 10.1. The molecule has 4 aromatic carbocycles. The molecule has 4 heteroatoms. The standard InChI is InChI=1S/C29H24O4/c1-19-26-17-24(31)12-15-27(26)33-29(28(19)22-8-5-9-23(30)16-22)21-10-13-25(14-11-21)32-18-20-6-3-2-4-7-20/h2-17,29-31H,18H2,1H3. The van der Waals surface area contributed by atoms with Crippen molar-refractivity contribution in [1.29, 1.82) is 0 Å². The van der Waals surface area contributed by atoms with Crippen LogP contribution in [-0.4, -0.2) is 10.2 Å². The van der Waals surface area contributed by atoms with Crippen LogP contribution in [0.3, 0.4) is 0 Å². The van der Waals surface area contributed by atoms with Gasteiger partial charge in [-0.05, 0) is 71.7 Å². The summed E-state index contributed by atoms with van der Waals surface area (Å²) >= 11 is 0. The van der Waals surface area contributed by atoms with Gasteiger partial charge in [0.25, 0.3) is 0 Å². The molecule has 0 bridgehead atoms. The molecule has 2 N–H and O–H groups in total. The third-order valence-electron chi connectivity index (χ3n) is 5.87. The van der Waals surface area contributed by atoms with Crippen LogP contribution in [0.4, 0.5) is 0 Å². The quantitative estimate of drug-likeness (QED) is 0.364. The molecule has 164 valence electrons. The molecule has 0 radical (unpaired) electrons. The van der Waals surface area contributed by atoms with Crippen molar-refractivity contribution in [3.05, 3.63) is 119 Å². The molecule has 1 aliphatic rings. The van der Waals surface area contributed by atoms with E-state index in [1.807, 2.05) is 73.7 Å². The van der Waals surface area contributed by atoms with Gasteiger partial charge in [0.15, 0.2) is 0 Å². The Labute approximate surface area is 193 Å². The lowest BCUT2D eigenvalue weighted by Gasteiger charge is -2.31. The Morgan fingerprint density at radius 3 is 2.30 bits per heavy atom. The number of phenols is 2. The van der Waals surface area contributed by atoms with Gasteiger partial charge in [0, 0.05) is 11.1 Å². The van der Waals surface area contributed by atoms with Gasteiger partial charge >= 0.3 is 0 Å². The van der Waals surface area contributed by atoms with E-state index in [-0.39, 0.29) is 17.6 Å². The number of hydrogen-bond acceptors (Lipinski definition) is 4. The zero-order chi connectivity index (χ0) is 22.8. The summed E-state index contributed by atoms with van der Waals surface area (Å²) in [6, 6.07) is 30.3. The van der Waals surface area contributed by atoms with Crippen molar-refractivity contribution in [2.24, 2.45) is 0 Å². The van der Waals surface area contributed by atoms with Crippen molar-refractivity contribution in [3.8, 4) is 23.0 Å². The lowest BCUT2D eigenvalue weighted by molar-refractivity contribution is 0.259. The first-order valence-corrected chi connectivity index (χ1v) is 10.9. The van der Waals surface area contributed by atoms with E-state index < -0.39 is 0 Å². The number of benzene rings is 4. The van der Waals surface area contributed by atoms with E-state index in [9.17, 15) is 10.2 Å². The zero-order valence-electron chi connectivity index (χ0n) is 18.2. The number of phenolic OH excluding ortho intramolecular Hbond substituents is 2. The molecule has 0 fully saturated rings. The highest BCUT2D eigenvalue weighted by Crippen LogP contribution is 2.47. The van der Waals surface area contributed by atoms with E-state index in [4.69, 9.17) is 9.47 Å². The molecule has 0 saturated heterocycles. The van der Waals surface area contributed by atoms with Crippen molar-refractivity contribution in [2.45, 2.75) is 19.6 Å². The van der Waals surface area contributed by atoms with Crippen molar-refractivity contribution in [1.82, 2.24) is 0 Å². The first kappa shape index (κ1) is 20.7. The van der Waals surface area contributed by atoms with Crippen molar-refractivity contribution >= 4 is 11.1 Å². The molecule has 5 rings (SSSR count). The van der Waals surface area contributed by atoms with E-state index in [1.54, 1.807) is 30.3 Å². The van der Waals surface area contributed by atoms with Gasteiger partial charge in [0.05, 0.1) is 0 Å². The highest BCUT2D eigenvalue weighted by atomic mass is 16.5. The van der Waals surface area contributed by atoms with Crippen LogP contribution in [0.25, 0.3) is 11.1 Å². The molecule has 1 atom stereocenters. The van der Waals surface area contributed by atoms with Gasteiger partial charge in [-0.15, -0.1) is 0 Å². The molecule has 0 aliphatic carbocycles. The fraction of sp³-hybridized carbons (Fsp3) is 0.103. The summed E-state index contributed by atoms with van der Waals surface area (Å²) in [6.07, 6.45) is -0.369. The molecule has 0 amide bonds. The molecule has 33 heavy (non-hydrogen) atoms. The van der Waals surface area contributed by atoms with Gasteiger partial charge in [-0.2, -0.15) is 0 Å². The highest BCUT2D eigenvalue weighted by molar-refractivity contribution is 5.95. The van der Waals surface area contributed by atoms with Gasteiger partial charge < -0.3 is 19.7 Å². The minimum atomic E-state index is -0.369. The summed E-state index contributed by atoms with van der Waals surface area (Å²) in [5, 5.41) is 20.1. The average molecular weight is 437 g/mol. The van der Waals surface area contributed by atoms with Crippen LogP contribution < -0.4 is 9.47 Å². The Bertz CT molecular complexity index is 1310. The molecule has 0 spiro atoms. The fourth-order valence-corrected chi connectivity index (χ4v) is 4.20. The Morgan fingerprint density at radius 2 is 1.55 bits per heavy atom. The second kappa shape index (κ2) is 8.75. The molecular formula is C29H24O4. The summed E-state index contributed by atoms with van der Waals surface area (Å²) in [7, 11) is 0. The second-order valence-corrected chi connectivity index (χ2v) is 8.11. The van der Waals surface area contributed by atoms with Crippen LogP contribution >= 0.6 is 0 Å². The molecule has 0 saturated carbocycles. The third-order valence-corrected chi connectivity index (χ3v) is 5.87. The van der Waals surface area contributed by atoms with Crippen LogP contribution in [0, 0.1) is 0 Å². The largest absolute Gasteiger partial charge is 0.508 e. The predicted octanol–water partition coefficient (Wildman–Crippen LogP) is 6.74.